The van der Waals surface area contributed by atoms with Crippen molar-refractivity contribution in [2.75, 3.05) is 6.61 Å². The van der Waals surface area contributed by atoms with Crippen molar-refractivity contribution in [1.82, 2.24) is 10.6 Å². The molecular formula is C28H24N2O5. The van der Waals surface area contributed by atoms with Gasteiger partial charge in [-0.15, -0.1) is 12.3 Å². The zero-order valence-electron chi connectivity index (χ0n) is 18.8. The molecule has 0 fully saturated rings. The van der Waals surface area contributed by atoms with E-state index in [1.165, 1.54) is 0 Å². The van der Waals surface area contributed by atoms with Crippen LogP contribution in [0.1, 0.15) is 35.1 Å². The molecule has 3 N–H and O–H groups in total. The van der Waals surface area contributed by atoms with Crippen LogP contribution in [0.3, 0.4) is 0 Å². The number of carbonyl (C=O) groups excluding carboxylic acids is 2. The Labute approximate surface area is 203 Å². The molecule has 2 amide bonds. The number of terminal acetylenes is 1. The summed E-state index contributed by atoms with van der Waals surface area (Å²) in [4.78, 5) is 37.1. The molecular weight excluding hydrogens is 444 g/mol. The van der Waals surface area contributed by atoms with Crippen LogP contribution in [0.25, 0.3) is 11.1 Å². The molecule has 7 heteroatoms. The van der Waals surface area contributed by atoms with E-state index in [0.29, 0.717) is 5.56 Å². The molecule has 0 aliphatic heterocycles. The molecule has 0 aromatic heterocycles. The zero-order chi connectivity index (χ0) is 24.8. The minimum absolute atomic E-state index is 0.0754. The lowest BCUT2D eigenvalue weighted by molar-refractivity contribution is -0.142. The van der Waals surface area contributed by atoms with Gasteiger partial charge in [0, 0.05) is 12.3 Å². The van der Waals surface area contributed by atoms with Gasteiger partial charge in [0.2, 0.25) is 5.91 Å². The van der Waals surface area contributed by atoms with Crippen molar-refractivity contribution in [3.05, 3.63) is 95.6 Å². The van der Waals surface area contributed by atoms with Gasteiger partial charge in [-0.2, -0.15) is 0 Å². The highest BCUT2D eigenvalue weighted by Gasteiger charge is 2.31. The number of benzene rings is 3. The van der Waals surface area contributed by atoms with Gasteiger partial charge in [-0.3, -0.25) is 4.79 Å². The van der Waals surface area contributed by atoms with Gasteiger partial charge in [0.15, 0.2) is 6.04 Å². The van der Waals surface area contributed by atoms with Crippen molar-refractivity contribution in [1.29, 1.82) is 0 Å². The number of alkyl carbamates (subject to hydrolysis) is 1. The fourth-order valence-electron chi connectivity index (χ4n) is 4.29. The number of ether oxygens (including phenoxy) is 1. The number of amides is 2. The summed E-state index contributed by atoms with van der Waals surface area (Å²) in [5, 5.41) is 14.5. The number of fused-ring (bicyclic) bond motifs is 3. The topological polar surface area (TPSA) is 105 Å². The molecule has 0 saturated carbocycles. The van der Waals surface area contributed by atoms with Crippen molar-refractivity contribution < 1.29 is 24.2 Å². The Morgan fingerprint density at radius 3 is 2.03 bits per heavy atom. The second-order valence-corrected chi connectivity index (χ2v) is 8.12. The van der Waals surface area contributed by atoms with Crippen molar-refractivity contribution in [3.63, 3.8) is 0 Å². The third-order valence-corrected chi connectivity index (χ3v) is 5.94. The average molecular weight is 469 g/mol. The minimum Gasteiger partial charge on any atom is -0.479 e. The zero-order valence-corrected chi connectivity index (χ0v) is 18.8. The van der Waals surface area contributed by atoms with E-state index < -0.39 is 30.1 Å². The van der Waals surface area contributed by atoms with Gasteiger partial charge in [0.05, 0.1) is 0 Å². The van der Waals surface area contributed by atoms with E-state index in [1.54, 1.807) is 30.3 Å². The van der Waals surface area contributed by atoms with Crippen LogP contribution in [0, 0.1) is 12.3 Å². The van der Waals surface area contributed by atoms with Crippen LogP contribution in [-0.2, 0) is 14.3 Å². The SMILES string of the molecule is C#CCC(NC(=O)OCC1c2ccccc2-c2ccccc21)C(=O)N[C@@H](C(=O)O)c1ccccc1. The van der Waals surface area contributed by atoms with Crippen LogP contribution in [-0.4, -0.2) is 35.7 Å². The molecule has 0 saturated heterocycles. The van der Waals surface area contributed by atoms with E-state index >= 15 is 0 Å². The highest BCUT2D eigenvalue weighted by molar-refractivity contribution is 5.90. The van der Waals surface area contributed by atoms with Crippen LogP contribution in [0.5, 0.6) is 0 Å². The first-order valence-corrected chi connectivity index (χ1v) is 11.1. The van der Waals surface area contributed by atoms with Crippen LogP contribution in [0.2, 0.25) is 0 Å². The Hall–Kier alpha value is -4.57. The summed E-state index contributed by atoms with van der Waals surface area (Å²) >= 11 is 0. The van der Waals surface area contributed by atoms with E-state index in [-0.39, 0.29) is 18.9 Å². The third-order valence-electron chi connectivity index (χ3n) is 5.94. The molecule has 35 heavy (non-hydrogen) atoms. The third kappa shape index (κ3) is 5.17. The predicted molar refractivity (Wildman–Crippen MR) is 130 cm³/mol. The van der Waals surface area contributed by atoms with Crippen LogP contribution in [0.15, 0.2) is 78.9 Å². The van der Waals surface area contributed by atoms with E-state index in [9.17, 15) is 19.5 Å². The molecule has 1 aliphatic rings. The Morgan fingerprint density at radius 2 is 1.46 bits per heavy atom. The Morgan fingerprint density at radius 1 is 0.886 bits per heavy atom. The number of carboxylic acids is 1. The second-order valence-electron chi connectivity index (χ2n) is 8.12. The molecule has 0 bridgehead atoms. The molecule has 1 unspecified atom stereocenters. The minimum atomic E-state index is -1.28. The summed E-state index contributed by atoms with van der Waals surface area (Å²) in [7, 11) is 0. The Kier molecular flexibility index (Phi) is 7.12. The molecule has 0 heterocycles. The summed E-state index contributed by atoms with van der Waals surface area (Å²) in [5.74, 6) is 0.258. The molecule has 0 spiro atoms. The number of hydrogen-bond acceptors (Lipinski definition) is 4. The number of nitrogens with one attached hydrogen (secondary N) is 2. The average Bonchev–Trinajstić information content (AvgIpc) is 3.19. The maximum Gasteiger partial charge on any atom is 0.407 e. The largest absolute Gasteiger partial charge is 0.479 e. The highest BCUT2D eigenvalue weighted by Crippen LogP contribution is 2.44. The van der Waals surface area contributed by atoms with Crippen molar-refractivity contribution in [2.45, 2.75) is 24.4 Å². The summed E-state index contributed by atoms with van der Waals surface area (Å²) in [6.07, 6.45) is 4.45. The molecule has 176 valence electrons. The Bertz CT molecular complexity index is 1240. The summed E-state index contributed by atoms with van der Waals surface area (Å²) in [6, 6.07) is 21.7. The summed E-state index contributed by atoms with van der Waals surface area (Å²) in [6.45, 7) is 0.0754. The highest BCUT2D eigenvalue weighted by atomic mass is 16.5. The first kappa shape index (κ1) is 23.6. The molecule has 3 aromatic carbocycles. The lowest BCUT2D eigenvalue weighted by Crippen LogP contribution is -2.49. The summed E-state index contributed by atoms with van der Waals surface area (Å²) in [5.41, 5.74) is 4.72. The van der Waals surface area contributed by atoms with Crippen molar-refractivity contribution >= 4 is 18.0 Å². The number of rotatable bonds is 8. The first-order valence-electron chi connectivity index (χ1n) is 11.1. The van der Waals surface area contributed by atoms with E-state index in [1.807, 2.05) is 48.5 Å². The van der Waals surface area contributed by atoms with Gasteiger partial charge in [0.1, 0.15) is 12.6 Å². The second kappa shape index (κ2) is 10.6. The molecule has 7 nitrogen and oxygen atoms in total. The molecule has 0 radical (unpaired) electrons. The number of hydrogen-bond donors (Lipinski definition) is 3. The number of carbonyl (C=O) groups is 3. The maximum absolute atomic E-state index is 12.8. The van der Waals surface area contributed by atoms with Gasteiger partial charge in [0.25, 0.3) is 0 Å². The first-order chi connectivity index (χ1) is 17.0. The smallest absolute Gasteiger partial charge is 0.407 e. The quantitative estimate of drug-likeness (QED) is 0.436. The van der Waals surface area contributed by atoms with E-state index in [4.69, 9.17) is 11.2 Å². The maximum atomic E-state index is 12.8. The lowest BCUT2D eigenvalue weighted by atomic mass is 9.98. The standard InChI is InChI=1S/C28H24N2O5/c1-2-10-24(26(31)30-25(27(32)33)18-11-4-3-5-12-18)29-28(34)35-17-23-21-15-8-6-13-19(21)20-14-7-9-16-22(20)23/h1,3-9,11-16,23-25H,10,17H2,(H,29,34)(H,30,31)(H,32,33)/t24?,25-/m1/s1. The van der Waals surface area contributed by atoms with Crippen LogP contribution < -0.4 is 10.6 Å². The summed E-state index contributed by atoms with van der Waals surface area (Å²) < 4.78 is 5.49. The van der Waals surface area contributed by atoms with Crippen molar-refractivity contribution in [2.24, 2.45) is 0 Å². The molecule has 2 atom stereocenters. The van der Waals surface area contributed by atoms with Crippen LogP contribution in [0.4, 0.5) is 4.79 Å². The van der Waals surface area contributed by atoms with Gasteiger partial charge in [-0.25, -0.2) is 9.59 Å². The van der Waals surface area contributed by atoms with E-state index in [0.717, 1.165) is 22.3 Å². The Balaban J connectivity index is 1.42. The van der Waals surface area contributed by atoms with Gasteiger partial charge in [-0.1, -0.05) is 78.9 Å². The predicted octanol–water partition coefficient (Wildman–Crippen LogP) is 3.86. The fourth-order valence-corrected chi connectivity index (χ4v) is 4.29. The normalized spacial score (nSPS) is 13.5. The van der Waals surface area contributed by atoms with Gasteiger partial charge >= 0.3 is 12.1 Å². The molecule has 3 aromatic rings. The molecule has 1 aliphatic carbocycles. The van der Waals surface area contributed by atoms with Gasteiger partial charge < -0.3 is 20.5 Å². The van der Waals surface area contributed by atoms with Crippen molar-refractivity contribution in [3.8, 4) is 23.5 Å². The number of aliphatic carboxylic acids is 1. The molecule has 4 rings (SSSR count). The van der Waals surface area contributed by atoms with Gasteiger partial charge in [-0.05, 0) is 27.8 Å². The lowest BCUT2D eigenvalue weighted by Gasteiger charge is -2.21. The number of carboxylic acid groups (broad SMARTS) is 1. The monoisotopic (exact) mass is 468 g/mol. The van der Waals surface area contributed by atoms with E-state index in [2.05, 4.69) is 16.6 Å². The fraction of sp³-hybridized carbons (Fsp3) is 0.179. The van der Waals surface area contributed by atoms with Crippen LogP contribution >= 0.6 is 0 Å².